The second-order valence-electron chi connectivity index (χ2n) is 8.86. The van der Waals surface area contributed by atoms with Crippen LogP contribution in [-0.4, -0.2) is 21.4 Å². The molecule has 0 aliphatic heterocycles. The van der Waals surface area contributed by atoms with Crippen molar-refractivity contribution < 1.29 is 0 Å². The van der Waals surface area contributed by atoms with Crippen molar-refractivity contribution >= 4 is 33.2 Å². The van der Waals surface area contributed by atoms with Crippen LogP contribution in [0.15, 0.2) is 46.6 Å². The van der Waals surface area contributed by atoms with E-state index in [0.717, 1.165) is 49.9 Å². The number of benzene rings is 2. The van der Waals surface area contributed by atoms with Crippen molar-refractivity contribution in [3.8, 4) is 0 Å². The second kappa shape index (κ2) is 6.69. The molecule has 0 fully saturated rings. The minimum absolute atomic E-state index is 0.980. The van der Waals surface area contributed by atoms with Gasteiger partial charge in [0.1, 0.15) is 0 Å². The zero-order chi connectivity index (χ0) is 20.2. The molecule has 0 bridgehead atoms. The number of H-pyrrole nitrogens is 2. The van der Waals surface area contributed by atoms with E-state index in [1.165, 1.54) is 55.4 Å². The standard InChI is InChI=1S/C26H26N4/c1-15-9-11-21-19(13-15)17-5-3-7-23(25(17)27-21)29-30-24-8-4-6-18-20-14-16(2)10-12-22(20)28-26(18)24/h9-14,27-28H,3-8H2,1-2H3/b29-23-,30-24-. The number of hydrogen-bond donors (Lipinski definition) is 2. The largest absolute Gasteiger partial charge is 0.353 e. The molecule has 150 valence electrons. The number of aryl methyl sites for hydroxylation is 4. The molecule has 2 aromatic heterocycles. The van der Waals surface area contributed by atoms with Crippen molar-refractivity contribution in [2.45, 2.75) is 52.4 Å². The van der Waals surface area contributed by atoms with Crippen molar-refractivity contribution in [2.75, 3.05) is 0 Å². The number of aromatic nitrogens is 2. The Kier molecular flexibility index (Phi) is 3.95. The maximum atomic E-state index is 4.81. The van der Waals surface area contributed by atoms with Gasteiger partial charge in [-0.25, -0.2) is 0 Å². The Morgan fingerprint density at radius 1 is 0.633 bits per heavy atom. The molecule has 6 rings (SSSR count). The molecule has 0 saturated carbocycles. The molecule has 2 N–H and O–H groups in total. The zero-order valence-electron chi connectivity index (χ0n) is 17.6. The number of aromatic amines is 2. The van der Waals surface area contributed by atoms with Crippen LogP contribution in [0.1, 0.15) is 59.3 Å². The summed E-state index contributed by atoms with van der Waals surface area (Å²) < 4.78 is 0. The van der Waals surface area contributed by atoms with Crippen LogP contribution in [0.5, 0.6) is 0 Å². The van der Waals surface area contributed by atoms with Gasteiger partial charge in [0.15, 0.2) is 0 Å². The first-order valence-electron chi connectivity index (χ1n) is 11.0. The fraction of sp³-hybridized carbons (Fsp3) is 0.308. The Labute approximate surface area is 176 Å². The highest BCUT2D eigenvalue weighted by atomic mass is 15.2. The summed E-state index contributed by atoms with van der Waals surface area (Å²) in [4.78, 5) is 7.24. The molecule has 4 aromatic rings. The predicted octanol–water partition coefficient (Wildman–Crippen LogP) is 6.13. The number of nitrogens with zero attached hydrogens (tertiary/aromatic N) is 2. The van der Waals surface area contributed by atoms with Crippen molar-refractivity contribution in [3.63, 3.8) is 0 Å². The quantitative estimate of drug-likeness (QED) is 0.365. The fourth-order valence-electron chi connectivity index (χ4n) is 5.17. The lowest BCUT2D eigenvalue weighted by Gasteiger charge is -2.15. The average Bonchev–Trinajstić information content (AvgIpc) is 3.31. The highest BCUT2D eigenvalue weighted by Crippen LogP contribution is 2.32. The van der Waals surface area contributed by atoms with Crippen molar-refractivity contribution in [3.05, 3.63) is 70.0 Å². The van der Waals surface area contributed by atoms with Crippen LogP contribution in [-0.2, 0) is 12.8 Å². The van der Waals surface area contributed by atoms with Crippen molar-refractivity contribution in [1.29, 1.82) is 0 Å². The molecule has 2 aliphatic rings. The molecular weight excluding hydrogens is 368 g/mol. The van der Waals surface area contributed by atoms with Gasteiger partial charge in [0.25, 0.3) is 0 Å². The molecule has 0 spiro atoms. The van der Waals surface area contributed by atoms with Crippen molar-refractivity contribution in [2.24, 2.45) is 10.2 Å². The average molecular weight is 395 g/mol. The molecule has 2 aliphatic carbocycles. The third-order valence-electron chi connectivity index (χ3n) is 6.67. The normalized spacial score (nSPS) is 19.0. The van der Waals surface area contributed by atoms with Gasteiger partial charge in [-0.2, -0.15) is 10.2 Å². The summed E-state index contributed by atoms with van der Waals surface area (Å²) >= 11 is 0. The zero-order valence-corrected chi connectivity index (χ0v) is 17.6. The van der Waals surface area contributed by atoms with Crippen molar-refractivity contribution in [1.82, 2.24) is 9.97 Å². The Bertz CT molecular complexity index is 1260. The Hall–Kier alpha value is -3.14. The summed E-state index contributed by atoms with van der Waals surface area (Å²) in [5.41, 5.74) is 12.4. The molecule has 4 heteroatoms. The summed E-state index contributed by atoms with van der Waals surface area (Å²) in [7, 11) is 0. The van der Waals surface area contributed by atoms with E-state index in [2.05, 4.69) is 60.2 Å². The van der Waals surface area contributed by atoms with E-state index in [1.54, 1.807) is 0 Å². The first kappa shape index (κ1) is 17.7. The smallest absolute Gasteiger partial charge is 0.0868 e. The van der Waals surface area contributed by atoms with Gasteiger partial charge >= 0.3 is 0 Å². The lowest BCUT2D eigenvalue weighted by molar-refractivity contribution is 0.827. The van der Waals surface area contributed by atoms with E-state index in [0.29, 0.717) is 0 Å². The summed E-state index contributed by atoms with van der Waals surface area (Å²) in [6.07, 6.45) is 6.45. The van der Waals surface area contributed by atoms with Gasteiger partial charge in [-0.05, 0) is 87.8 Å². The van der Waals surface area contributed by atoms with Crippen LogP contribution in [0.3, 0.4) is 0 Å². The lowest BCUT2D eigenvalue weighted by atomic mass is 9.93. The Morgan fingerprint density at radius 3 is 1.57 bits per heavy atom. The van der Waals surface area contributed by atoms with Gasteiger partial charge in [-0.15, -0.1) is 0 Å². The number of rotatable bonds is 1. The van der Waals surface area contributed by atoms with E-state index in [4.69, 9.17) is 10.2 Å². The Morgan fingerprint density at radius 2 is 1.10 bits per heavy atom. The Balaban J connectivity index is 1.44. The van der Waals surface area contributed by atoms with E-state index in [1.807, 2.05) is 0 Å². The van der Waals surface area contributed by atoms with E-state index < -0.39 is 0 Å². The highest BCUT2D eigenvalue weighted by molar-refractivity contribution is 6.09. The first-order valence-corrected chi connectivity index (χ1v) is 11.0. The molecule has 0 radical (unpaired) electrons. The minimum atomic E-state index is 0.980. The third kappa shape index (κ3) is 2.74. The predicted molar refractivity (Wildman–Crippen MR) is 125 cm³/mol. The third-order valence-corrected chi connectivity index (χ3v) is 6.67. The number of fused-ring (bicyclic) bond motifs is 6. The van der Waals surface area contributed by atoms with E-state index >= 15 is 0 Å². The molecule has 0 unspecified atom stereocenters. The second-order valence-corrected chi connectivity index (χ2v) is 8.86. The topological polar surface area (TPSA) is 56.3 Å². The van der Waals surface area contributed by atoms with E-state index in [-0.39, 0.29) is 0 Å². The minimum Gasteiger partial charge on any atom is -0.353 e. The van der Waals surface area contributed by atoms with Crippen LogP contribution >= 0.6 is 0 Å². The fourth-order valence-corrected chi connectivity index (χ4v) is 5.17. The SMILES string of the molecule is Cc1ccc2[nH]c3c(c2c1)CCC/C3=N/N=C1/CCCc2c1[nH]c1ccc(C)cc21. The molecule has 2 heterocycles. The highest BCUT2D eigenvalue weighted by Gasteiger charge is 2.23. The molecule has 30 heavy (non-hydrogen) atoms. The maximum Gasteiger partial charge on any atom is 0.0868 e. The molecule has 2 aromatic carbocycles. The lowest BCUT2D eigenvalue weighted by Crippen LogP contribution is -2.13. The van der Waals surface area contributed by atoms with Crippen LogP contribution in [0.4, 0.5) is 0 Å². The van der Waals surface area contributed by atoms with Crippen LogP contribution < -0.4 is 0 Å². The molecular formula is C26H26N4. The van der Waals surface area contributed by atoms with Gasteiger partial charge in [0, 0.05) is 21.8 Å². The number of hydrogen-bond acceptors (Lipinski definition) is 2. The summed E-state index contributed by atoms with van der Waals surface area (Å²) in [5.74, 6) is 0. The molecule has 0 atom stereocenters. The monoisotopic (exact) mass is 394 g/mol. The van der Waals surface area contributed by atoms with Gasteiger partial charge in [-0.1, -0.05) is 23.3 Å². The van der Waals surface area contributed by atoms with Gasteiger partial charge in [-0.3, -0.25) is 0 Å². The summed E-state index contributed by atoms with van der Waals surface area (Å²) in [6.45, 7) is 4.32. The maximum absolute atomic E-state index is 4.81. The molecule has 0 saturated heterocycles. The summed E-state index contributed by atoms with van der Waals surface area (Å²) in [5, 5.41) is 12.3. The van der Waals surface area contributed by atoms with Crippen LogP contribution in [0, 0.1) is 13.8 Å². The van der Waals surface area contributed by atoms with Gasteiger partial charge in [0.05, 0.1) is 22.8 Å². The number of nitrogens with one attached hydrogen (secondary N) is 2. The van der Waals surface area contributed by atoms with Crippen LogP contribution in [0.2, 0.25) is 0 Å². The first-order chi connectivity index (χ1) is 14.7. The van der Waals surface area contributed by atoms with Crippen LogP contribution in [0.25, 0.3) is 21.8 Å². The molecule has 4 nitrogen and oxygen atoms in total. The van der Waals surface area contributed by atoms with Gasteiger partial charge < -0.3 is 9.97 Å². The molecule has 0 amide bonds. The van der Waals surface area contributed by atoms with Gasteiger partial charge in [0.2, 0.25) is 0 Å². The van der Waals surface area contributed by atoms with E-state index in [9.17, 15) is 0 Å². The summed E-state index contributed by atoms with van der Waals surface area (Å²) in [6, 6.07) is 13.3.